The van der Waals surface area contributed by atoms with E-state index in [1.54, 1.807) is 0 Å². The Labute approximate surface area is 357 Å². The summed E-state index contributed by atoms with van der Waals surface area (Å²) in [5.74, 6) is -0.298. The maximum absolute atomic E-state index is 15.8. The van der Waals surface area contributed by atoms with E-state index >= 15 is 9.59 Å². The molecule has 2 aliphatic rings. The van der Waals surface area contributed by atoms with Crippen LogP contribution in [0.1, 0.15) is 128 Å². The predicted molar refractivity (Wildman–Crippen MR) is 251 cm³/mol. The van der Waals surface area contributed by atoms with E-state index in [0.29, 0.717) is 35.6 Å². The average Bonchev–Trinajstić information content (AvgIpc) is 3.61. The molecule has 2 heterocycles. The molecule has 6 aromatic rings. The molecule has 0 saturated heterocycles. The number of carbonyl (C=O) groups excluding carboxylic acids is 2. The van der Waals surface area contributed by atoms with Crippen molar-refractivity contribution in [1.82, 2.24) is 9.80 Å². The first-order valence-electron chi connectivity index (χ1n) is 21.5. The van der Waals surface area contributed by atoms with Crippen LogP contribution < -0.4 is 0 Å². The summed E-state index contributed by atoms with van der Waals surface area (Å²) in [4.78, 5) is 35.3. The van der Waals surface area contributed by atoms with E-state index in [4.69, 9.17) is 0 Å². The Balaban J connectivity index is 1.41. The number of nitrogens with zero attached hydrogens (tertiary/aromatic N) is 2. The van der Waals surface area contributed by atoms with Crippen molar-refractivity contribution >= 4 is 44.8 Å². The molecule has 2 aliphatic heterocycles. The Bertz CT molecular complexity index is 2520. The van der Waals surface area contributed by atoms with Gasteiger partial charge in [-0.3, -0.25) is 9.59 Å². The van der Waals surface area contributed by atoms with Gasteiger partial charge in [0.25, 0.3) is 11.8 Å². The van der Waals surface area contributed by atoms with E-state index in [1.165, 1.54) is 22.3 Å². The van der Waals surface area contributed by atoms with Crippen LogP contribution in [0.2, 0.25) is 0 Å². The maximum Gasteiger partial charge on any atom is 0.261 e. The fraction of sp³-hybridized carbons (Fsp3) is 0.321. The van der Waals surface area contributed by atoms with Gasteiger partial charge in [-0.05, 0) is 76.6 Å². The topological polar surface area (TPSA) is 40.6 Å². The number of benzene rings is 6. The molecule has 4 nitrogen and oxygen atoms in total. The number of carbonyl (C=O) groups is 2. The van der Waals surface area contributed by atoms with Gasteiger partial charge in [0.2, 0.25) is 0 Å². The monoisotopic (exact) mass is 792 g/mol. The summed E-state index contributed by atoms with van der Waals surface area (Å²) >= 11 is 0. The second kappa shape index (κ2) is 14.5. The van der Waals surface area contributed by atoms with E-state index in [0.717, 1.165) is 43.8 Å². The van der Waals surface area contributed by atoms with Crippen molar-refractivity contribution in [2.75, 3.05) is 0 Å². The van der Waals surface area contributed by atoms with Gasteiger partial charge >= 0.3 is 0 Å². The minimum Gasteiger partial charge on any atom is -0.302 e. The van der Waals surface area contributed by atoms with Crippen LogP contribution in [-0.4, -0.2) is 21.6 Å². The molecule has 0 aliphatic carbocycles. The molecule has 6 aromatic carbocycles. The van der Waals surface area contributed by atoms with Crippen LogP contribution in [0.15, 0.2) is 132 Å². The van der Waals surface area contributed by atoms with Gasteiger partial charge in [0.1, 0.15) is 0 Å². The first kappa shape index (κ1) is 41.0. The molecule has 0 bridgehead atoms. The Morgan fingerprint density at radius 3 is 1.00 bits per heavy atom. The molecular weight excluding hydrogens is 733 g/mol. The zero-order valence-electron chi connectivity index (χ0n) is 37.7. The number of hydrogen-bond donors (Lipinski definition) is 0. The van der Waals surface area contributed by atoms with Crippen molar-refractivity contribution in [3.63, 3.8) is 0 Å². The van der Waals surface area contributed by atoms with Crippen molar-refractivity contribution in [3.05, 3.63) is 177 Å². The van der Waals surface area contributed by atoms with Gasteiger partial charge in [0, 0.05) is 11.1 Å². The molecule has 60 heavy (non-hydrogen) atoms. The highest BCUT2D eigenvalue weighted by molar-refractivity contribution is 6.31. The number of hydrogen-bond acceptors (Lipinski definition) is 2. The SMILES string of the molecule is CC(C)(C)c1cc(CN2C(=O)C3=C(c4cccc5ccccc45)N(Cc4cc(C(C)(C)C)cc(C(C)(C)C)c4)C(=O)C3=C2c2cccc3ccccc23)cc(C(C)(C)C)c1. The minimum absolute atomic E-state index is 0.101. The highest BCUT2D eigenvalue weighted by atomic mass is 16.2. The fourth-order valence-corrected chi connectivity index (χ4v) is 8.79. The smallest absolute Gasteiger partial charge is 0.261 e. The van der Waals surface area contributed by atoms with Gasteiger partial charge in [-0.2, -0.15) is 0 Å². The molecule has 0 spiro atoms. The average molecular weight is 793 g/mol. The van der Waals surface area contributed by atoms with Gasteiger partial charge in [-0.15, -0.1) is 0 Å². The van der Waals surface area contributed by atoms with E-state index < -0.39 is 0 Å². The van der Waals surface area contributed by atoms with Gasteiger partial charge in [0.15, 0.2) is 0 Å². The Morgan fingerprint density at radius 2 is 0.683 bits per heavy atom. The summed E-state index contributed by atoms with van der Waals surface area (Å²) in [7, 11) is 0. The lowest BCUT2D eigenvalue weighted by Crippen LogP contribution is -2.30. The van der Waals surface area contributed by atoms with E-state index in [1.807, 2.05) is 46.2 Å². The summed E-state index contributed by atoms with van der Waals surface area (Å²) in [5, 5.41) is 4.13. The third-order valence-electron chi connectivity index (χ3n) is 12.4. The van der Waals surface area contributed by atoms with Gasteiger partial charge in [-0.1, -0.05) is 204 Å². The fourth-order valence-electron chi connectivity index (χ4n) is 8.79. The normalized spacial score (nSPS) is 15.3. The second-order valence-electron chi connectivity index (χ2n) is 21.1. The molecule has 0 atom stereocenters. The summed E-state index contributed by atoms with van der Waals surface area (Å²) in [6, 6.07) is 42.7. The van der Waals surface area contributed by atoms with Crippen molar-refractivity contribution in [1.29, 1.82) is 0 Å². The van der Waals surface area contributed by atoms with Crippen molar-refractivity contribution in [3.8, 4) is 0 Å². The minimum atomic E-state index is -0.149. The van der Waals surface area contributed by atoms with Crippen LogP contribution >= 0.6 is 0 Å². The molecule has 0 N–H and O–H groups in total. The lowest BCUT2D eigenvalue weighted by molar-refractivity contribution is -0.124. The lowest BCUT2D eigenvalue weighted by Gasteiger charge is -2.30. The first-order chi connectivity index (χ1) is 28.1. The molecule has 2 amide bonds. The molecule has 0 unspecified atom stereocenters. The van der Waals surface area contributed by atoms with Crippen molar-refractivity contribution < 1.29 is 9.59 Å². The van der Waals surface area contributed by atoms with E-state index in [-0.39, 0.29) is 33.5 Å². The van der Waals surface area contributed by atoms with Crippen molar-refractivity contribution in [2.24, 2.45) is 0 Å². The largest absolute Gasteiger partial charge is 0.302 e. The molecule has 0 saturated carbocycles. The highest BCUT2D eigenvalue weighted by Crippen LogP contribution is 2.50. The van der Waals surface area contributed by atoms with E-state index in [2.05, 4.69) is 168 Å². The summed E-state index contributed by atoms with van der Waals surface area (Å²) in [6.07, 6.45) is 0. The van der Waals surface area contributed by atoms with Gasteiger partial charge < -0.3 is 9.80 Å². The third kappa shape index (κ3) is 7.40. The zero-order chi connectivity index (χ0) is 43.1. The summed E-state index contributed by atoms with van der Waals surface area (Å²) < 4.78 is 0. The predicted octanol–water partition coefficient (Wildman–Crippen LogP) is 13.4. The second-order valence-corrected chi connectivity index (χ2v) is 21.1. The maximum atomic E-state index is 15.8. The lowest BCUT2D eigenvalue weighted by atomic mass is 9.79. The molecule has 0 radical (unpaired) electrons. The number of fused-ring (bicyclic) bond motifs is 3. The Kier molecular flexibility index (Phi) is 9.89. The third-order valence-corrected chi connectivity index (χ3v) is 12.4. The Morgan fingerprint density at radius 1 is 0.383 bits per heavy atom. The van der Waals surface area contributed by atoms with Crippen LogP contribution in [-0.2, 0) is 44.3 Å². The van der Waals surface area contributed by atoms with Crippen LogP contribution in [0, 0.1) is 0 Å². The van der Waals surface area contributed by atoms with Gasteiger partial charge in [-0.25, -0.2) is 0 Å². The van der Waals surface area contributed by atoms with Crippen LogP contribution in [0.4, 0.5) is 0 Å². The molecule has 0 fully saturated rings. The van der Waals surface area contributed by atoms with E-state index in [9.17, 15) is 0 Å². The van der Waals surface area contributed by atoms with Crippen LogP contribution in [0.3, 0.4) is 0 Å². The quantitative estimate of drug-likeness (QED) is 0.169. The molecule has 306 valence electrons. The first-order valence-corrected chi connectivity index (χ1v) is 21.5. The molecule has 8 rings (SSSR count). The van der Waals surface area contributed by atoms with Crippen LogP contribution in [0.5, 0.6) is 0 Å². The summed E-state index contributed by atoms with van der Waals surface area (Å²) in [6.45, 7) is 27.5. The Hall–Kier alpha value is -5.74. The van der Waals surface area contributed by atoms with Gasteiger partial charge in [0.05, 0.1) is 35.6 Å². The zero-order valence-corrected chi connectivity index (χ0v) is 37.7. The molecular formula is C56H60N2O2. The van der Waals surface area contributed by atoms with Crippen molar-refractivity contribution in [2.45, 2.75) is 118 Å². The summed E-state index contributed by atoms with van der Waals surface area (Å²) in [5.41, 5.74) is 10.6. The number of rotatable bonds is 6. The molecule has 0 aromatic heterocycles. The molecule has 4 heteroatoms. The standard InChI is InChI=1S/C56H60N2O2/c1-53(2,3)39-27-35(28-40(31-39)54(4,5)6)33-57-49(45-25-17-21-37-19-13-15-23-43(37)45)47-48(51(57)59)50(46-26-18-22-38-20-14-16-24-44(38)46)58(52(47)60)34-36-29-41(55(7,8)9)32-42(30-36)56(10,11)12/h13-32H,33-34H2,1-12H3. The highest BCUT2D eigenvalue weighted by Gasteiger charge is 2.49. The van der Waals surface area contributed by atoms with Crippen LogP contribution in [0.25, 0.3) is 32.9 Å². The number of amides is 2.